The van der Waals surface area contributed by atoms with Crippen LogP contribution in [-0.2, 0) is 0 Å². The summed E-state index contributed by atoms with van der Waals surface area (Å²) in [5.41, 5.74) is -3.91. The van der Waals surface area contributed by atoms with Crippen LogP contribution in [-0.4, -0.2) is 30.6 Å². The minimum absolute atomic E-state index is 0.0157. The molecule has 1 aromatic rings. The van der Waals surface area contributed by atoms with Crippen LogP contribution in [0.15, 0.2) is 18.2 Å². The smallest absolute Gasteiger partial charge is 0.406 e. The highest BCUT2D eigenvalue weighted by atomic mass is 19.4. The zero-order chi connectivity index (χ0) is 17.6. The van der Waals surface area contributed by atoms with Crippen molar-refractivity contribution in [1.29, 1.82) is 10.8 Å². The van der Waals surface area contributed by atoms with Gasteiger partial charge in [0.1, 0.15) is 24.0 Å². The van der Waals surface area contributed by atoms with Gasteiger partial charge < -0.3 is 10.1 Å². The van der Waals surface area contributed by atoms with Crippen molar-refractivity contribution in [3.63, 3.8) is 0 Å². The minimum atomic E-state index is -5.55. The largest absolute Gasteiger partial charge is 0.492 e. The summed E-state index contributed by atoms with van der Waals surface area (Å²) in [6.45, 7) is -1.67. The van der Waals surface area contributed by atoms with Gasteiger partial charge in [0.15, 0.2) is 5.41 Å². The molecule has 1 aromatic carbocycles. The first-order chi connectivity index (χ1) is 10.4. The number of fused-ring (bicyclic) bond motifs is 1. The fraction of sp³-hybridized carbons (Fsp3) is 0.385. The molecule has 0 aromatic heterocycles. The van der Waals surface area contributed by atoms with Crippen LogP contribution in [0.25, 0.3) is 0 Å². The lowest BCUT2D eigenvalue weighted by atomic mass is 9.90. The fourth-order valence-corrected chi connectivity index (χ4v) is 1.92. The predicted molar refractivity (Wildman–Crippen MR) is 68.9 cm³/mol. The lowest BCUT2D eigenvalue weighted by Crippen LogP contribution is -2.51. The van der Waals surface area contributed by atoms with Crippen LogP contribution in [0, 0.1) is 16.2 Å². The fourth-order valence-electron chi connectivity index (χ4n) is 1.92. The average Bonchev–Trinajstić information content (AvgIpc) is 2.69. The van der Waals surface area contributed by atoms with E-state index in [2.05, 4.69) is 5.32 Å². The summed E-state index contributed by atoms with van der Waals surface area (Å²) in [6.07, 6.45) is -11.1. The number of halogens is 6. The van der Waals surface area contributed by atoms with Crippen LogP contribution < -0.4 is 10.1 Å². The summed E-state index contributed by atoms with van der Waals surface area (Å²) in [6, 6.07) is 3.88. The Morgan fingerprint density at radius 3 is 2.09 bits per heavy atom. The summed E-state index contributed by atoms with van der Waals surface area (Å²) >= 11 is 0. The Morgan fingerprint density at radius 1 is 1.00 bits per heavy atom. The summed E-state index contributed by atoms with van der Waals surface area (Å²) < 4.78 is 81.7. The van der Waals surface area contributed by atoms with E-state index in [9.17, 15) is 26.3 Å². The second-order valence-corrected chi connectivity index (χ2v) is 5.17. The molecule has 0 unspecified atom stereocenters. The van der Waals surface area contributed by atoms with E-state index in [0.717, 1.165) is 6.07 Å². The predicted octanol–water partition coefficient (Wildman–Crippen LogP) is 3.45. The van der Waals surface area contributed by atoms with Gasteiger partial charge in [-0.2, -0.15) is 26.3 Å². The summed E-state index contributed by atoms with van der Waals surface area (Å²) in [7, 11) is 0. The maximum atomic E-state index is 12.8. The maximum Gasteiger partial charge on any atom is 0.406 e. The third-order valence-electron chi connectivity index (χ3n) is 3.56. The molecule has 1 aliphatic heterocycles. The van der Waals surface area contributed by atoms with Gasteiger partial charge in [0.2, 0.25) is 0 Å². The zero-order valence-corrected chi connectivity index (χ0v) is 11.6. The summed E-state index contributed by atoms with van der Waals surface area (Å²) in [4.78, 5) is 0. The van der Waals surface area contributed by atoms with Crippen molar-refractivity contribution in [2.75, 3.05) is 6.61 Å². The topological polar surface area (TPSA) is 69.0 Å². The van der Waals surface area contributed by atoms with Crippen molar-refractivity contribution in [2.24, 2.45) is 5.41 Å². The zero-order valence-electron chi connectivity index (χ0n) is 11.6. The standard InChI is InChI=1S/C13H11F6N3O/c1-11(12(14,15)16,13(17,18)19)5-23-7-4-2-3-6-8(7)10(21)22-9(6)20/h2-4H,5H2,1H3,(H3,20,21,22). The molecule has 126 valence electrons. The molecule has 23 heavy (non-hydrogen) atoms. The van der Waals surface area contributed by atoms with Crippen LogP contribution in [0.5, 0.6) is 5.75 Å². The molecule has 0 saturated carbocycles. The van der Waals surface area contributed by atoms with Crippen LogP contribution in [0.3, 0.4) is 0 Å². The van der Waals surface area contributed by atoms with Gasteiger partial charge in [0, 0.05) is 5.56 Å². The number of benzene rings is 1. The Morgan fingerprint density at radius 2 is 1.57 bits per heavy atom. The number of nitrogens with one attached hydrogen (secondary N) is 3. The van der Waals surface area contributed by atoms with Gasteiger partial charge in [-0.05, 0) is 13.0 Å². The van der Waals surface area contributed by atoms with E-state index in [1.807, 2.05) is 0 Å². The van der Waals surface area contributed by atoms with Gasteiger partial charge in [0.05, 0.1) is 5.56 Å². The summed E-state index contributed by atoms with van der Waals surface area (Å²) in [5.74, 6) is -0.812. The van der Waals surface area contributed by atoms with Gasteiger partial charge in [-0.15, -0.1) is 0 Å². The molecule has 4 nitrogen and oxygen atoms in total. The van der Waals surface area contributed by atoms with Crippen LogP contribution in [0.2, 0.25) is 0 Å². The molecule has 0 fully saturated rings. The van der Waals surface area contributed by atoms with Crippen LogP contribution in [0.4, 0.5) is 26.3 Å². The number of hydrogen-bond acceptors (Lipinski definition) is 3. The molecule has 0 radical (unpaired) electrons. The highest BCUT2D eigenvalue weighted by Gasteiger charge is 2.68. The Hall–Kier alpha value is -2.26. The first kappa shape index (κ1) is 17.1. The van der Waals surface area contributed by atoms with Crippen molar-refractivity contribution in [3.05, 3.63) is 29.3 Å². The molecular formula is C13H11F6N3O. The molecule has 0 saturated heterocycles. The second kappa shape index (κ2) is 5.14. The minimum Gasteiger partial charge on any atom is -0.492 e. The molecule has 0 aliphatic carbocycles. The molecule has 0 bridgehead atoms. The Kier molecular flexibility index (Phi) is 3.82. The monoisotopic (exact) mass is 339 g/mol. The molecular weight excluding hydrogens is 328 g/mol. The van der Waals surface area contributed by atoms with E-state index < -0.39 is 24.4 Å². The normalized spacial score (nSPS) is 15.4. The maximum absolute atomic E-state index is 12.8. The van der Waals surface area contributed by atoms with Crippen LogP contribution >= 0.6 is 0 Å². The number of rotatable bonds is 3. The van der Waals surface area contributed by atoms with E-state index in [4.69, 9.17) is 15.6 Å². The van der Waals surface area contributed by atoms with Gasteiger partial charge in [-0.1, -0.05) is 12.1 Å². The van der Waals surface area contributed by atoms with Gasteiger partial charge in [-0.3, -0.25) is 10.8 Å². The van der Waals surface area contributed by atoms with Crippen molar-refractivity contribution in [1.82, 2.24) is 5.32 Å². The third kappa shape index (κ3) is 2.73. The van der Waals surface area contributed by atoms with Crippen molar-refractivity contribution in [3.8, 4) is 5.75 Å². The molecule has 1 heterocycles. The number of ether oxygens (including phenoxy) is 1. The van der Waals surface area contributed by atoms with E-state index in [1.54, 1.807) is 0 Å². The summed E-state index contributed by atoms with van der Waals surface area (Å²) in [5, 5.41) is 17.5. The van der Waals surface area contributed by atoms with Gasteiger partial charge >= 0.3 is 12.4 Å². The van der Waals surface area contributed by atoms with E-state index in [0.29, 0.717) is 0 Å². The highest BCUT2D eigenvalue weighted by Crippen LogP contribution is 2.50. The third-order valence-corrected chi connectivity index (χ3v) is 3.56. The van der Waals surface area contributed by atoms with E-state index >= 15 is 0 Å². The molecule has 0 spiro atoms. The molecule has 0 atom stereocenters. The van der Waals surface area contributed by atoms with Gasteiger partial charge in [-0.25, -0.2) is 0 Å². The molecule has 0 amide bonds. The molecule has 3 N–H and O–H groups in total. The molecule has 1 aliphatic rings. The number of amidine groups is 2. The number of alkyl halides is 6. The Balaban J connectivity index is 2.35. The van der Waals surface area contributed by atoms with Crippen molar-refractivity contribution >= 4 is 11.7 Å². The van der Waals surface area contributed by atoms with E-state index in [1.165, 1.54) is 12.1 Å². The molecule has 2 rings (SSSR count). The first-order valence-electron chi connectivity index (χ1n) is 6.22. The Bertz CT molecular complexity index is 651. The quantitative estimate of drug-likeness (QED) is 0.738. The molecule has 10 heteroatoms. The van der Waals surface area contributed by atoms with E-state index in [-0.39, 0.29) is 35.5 Å². The van der Waals surface area contributed by atoms with Gasteiger partial charge in [0.25, 0.3) is 0 Å². The SMILES string of the molecule is CC(COc1cccc2c1C(=N)NC2=N)(C(F)(F)F)C(F)(F)F. The lowest BCUT2D eigenvalue weighted by Gasteiger charge is -2.33. The Labute approximate surface area is 126 Å². The average molecular weight is 339 g/mol. The van der Waals surface area contributed by atoms with Crippen LogP contribution in [0.1, 0.15) is 18.1 Å². The second-order valence-electron chi connectivity index (χ2n) is 5.17. The van der Waals surface area contributed by atoms with Crippen molar-refractivity contribution < 1.29 is 31.1 Å². The number of hydrogen-bond donors (Lipinski definition) is 3. The first-order valence-corrected chi connectivity index (χ1v) is 6.22. The lowest BCUT2D eigenvalue weighted by molar-refractivity contribution is -0.340. The highest BCUT2D eigenvalue weighted by molar-refractivity contribution is 6.24. The van der Waals surface area contributed by atoms with Crippen molar-refractivity contribution in [2.45, 2.75) is 19.3 Å².